The Morgan fingerprint density at radius 1 is 1.62 bits per heavy atom. The van der Waals surface area contributed by atoms with Crippen LogP contribution in [0.15, 0.2) is 18.0 Å². The average molecular weight is 328 g/mol. The van der Waals surface area contributed by atoms with Gasteiger partial charge < -0.3 is 4.90 Å². The van der Waals surface area contributed by atoms with Gasteiger partial charge in [-0.25, -0.2) is 13.4 Å². The van der Waals surface area contributed by atoms with Crippen molar-refractivity contribution in [3.8, 4) is 0 Å². The molecular weight excluding hydrogens is 308 g/mol. The molecule has 2 heterocycles. The predicted molar refractivity (Wildman–Crippen MR) is 84.1 cm³/mol. The van der Waals surface area contributed by atoms with Crippen LogP contribution >= 0.6 is 11.3 Å². The molecule has 1 atom stereocenters. The highest BCUT2D eigenvalue weighted by Gasteiger charge is 2.44. The molecule has 0 N–H and O–H groups in total. The molecule has 1 unspecified atom stereocenters. The van der Waals surface area contributed by atoms with E-state index in [4.69, 9.17) is 0 Å². The lowest BCUT2D eigenvalue weighted by Crippen LogP contribution is -2.51. The van der Waals surface area contributed by atoms with Gasteiger partial charge in [0.15, 0.2) is 9.84 Å². The summed E-state index contributed by atoms with van der Waals surface area (Å²) in [6.45, 7) is 7.76. The summed E-state index contributed by atoms with van der Waals surface area (Å²) < 4.78 is 23.5. The first-order chi connectivity index (χ1) is 9.76. The minimum absolute atomic E-state index is 0.0235. The van der Waals surface area contributed by atoms with E-state index in [1.54, 1.807) is 11.0 Å². The van der Waals surface area contributed by atoms with Crippen LogP contribution in [0.3, 0.4) is 0 Å². The van der Waals surface area contributed by atoms with Crippen molar-refractivity contribution < 1.29 is 13.2 Å². The van der Waals surface area contributed by atoms with Crippen LogP contribution in [0.25, 0.3) is 0 Å². The van der Waals surface area contributed by atoms with Gasteiger partial charge in [-0.3, -0.25) is 4.79 Å². The van der Waals surface area contributed by atoms with Crippen LogP contribution in [0, 0.1) is 6.92 Å². The number of hydrogen-bond donors (Lipinski definition) is 0. The Hall–Kier alpha value is -1.21. The second-order valence-electron chi connectivity index (χ2n) is 5.67. The Labute approximate surface area is 129 Å². The first kappa shape index (κ1) is 16.2. The second-order valence-corrected chi connectivity index (χ2v) is 8.91. The molecular formula is C14H20N2O3S2. The Bertz CT molecular complexity index is 651. The Balaban J connectivity index is 2.18. The van der Waals surface area contributed by atoms with E-state index in [2.05, 4.69) is 11.6 Å². The summed E-state index contributed by atoms with van der Waals surface area (Å²) in [4.78, 5) is 18.5. The maximum atomic E-state index is 12.6. The van der Waals surface area contributed by atoms with Crippen molar-refractivity contribution in [3.63, 3.8) is 0 Å². The van der Waals surface area contributed by atoms with Gasteiger partial charge in [-0.15, -0.1) is 17.9 Å². The van der Waals surface area contributed by atoms with Crippen LogP contribution in [-0.2, 0) is 21.1 Å². The molecule has 7 heteroatoms. The zero-order valence-corrected chi connectivity index (χ0v) is 14.0. The zero-order chi connectivity index (χ0) is 15.7. The van der Waals surface area contributed by atoms with Crippen molar-refractivity contribution in [3.05, 3.63) is 28.7 Å². The third kappa shape index (κ3) is 3.71. The number of thiazole rings is 1. The molecule has 1 aromatic rings. The molecule has 1 aliphatic rings. The third-order valence-corrected chi connectivity index (χ3v) is 6.46. The van der Waals surface area contributed by atoms with Gasteiger partial charge in [0, 0.05) is 11.9 Å². The fraction of sp³-hybridized carbons (Fsp3) is 0.571. The van der Waals surface area contributed by atoms with Crippen LogP contribution < -0.4 is 0 Å². The number of nitrogens with zero attached hydrogens (tertiary/aromatic N) is 2. The molecule has 116 valence electrons. The number of carbonyl (C=O) groups excluding carboxylic acids is 1. The summed E-state index contributed by atoms with van der Waals surface area (Å²) in [5.41, 5.74) is 0.0934. The lowest BCUT2D eigenvalue weighted by Gasteiger charge is -2.37. The molecule has 0 bridgehead atoms. The quantitative estimate of drug-likeness (QED) is 0.770. The van der Waals surface area contributed by atoms with Crippen LogP contribution in [0.2, 0.25) is 0 Å². The molecule has 1 aromatic heterocycles. The number of rotatable bonds is 5. The number of amides is 1. The first-order valence-electron chi connectivity index (χ1n) is 6.78. The van der Waals surface area contributed by atoms with Gasteiger partial charge in [0.05, 0.1) is 34.2 Å². The second kappa shape index (κ2) is 5.88. The number of aryl methyl sites for hydroxylation is 1. The molecule has 0 radical (unpaired) electrons. The fourth-order valence-electron chi connectivity index (χ4n) is 2.70. The molecule has 0 aliphatic carbocycles. The minimum atomic E-state index is -3.06. The molecule has 1 saturated heterocycles. The minimum Gasteiger partial charge on any atom is -0.332 e. The van der Waals surface area contributed by atoms with Crippen LogP contribution in [-0.4, -0.2) is 47.8 Å². The van der Waals surface area contributed by atoms with E-state index in [0.717, 1.165) is 10.7 Å². The van der Waals surface area contributed by atoms with E-state index in [1.807, 2.05) is 19.2 Å². The SMILES string of the molecule is C=CCN(C(=O)Cc1csc(C)n1)C1(C)CCS(=O)(=O)C1. The monoisotopic (exact) mass is 328 g/mol. The van der Waals surface area contributed by atoms with E-state index in [1.165, 1.54) is 11.3 Å². The molecule has 0 aromatic carbocycles. The maximum Gasteiger partial charge on any atom is 0.229 e. The van der Waals surface area contributed by atoms with Crippen molar-refractivity contribution in [1.29, 1.82) is 0 Å². The van der Waals surface area contributed by atoms with Crippen molar-refractivity contribution in [2.45, 2.75) is 32.2 Å². The topological polar surface area (TPSA) is 67.3 Å². The average Bonchev–Trinajstić information content (AvgIpc) is 2.90. The highest BCUT2D eigenvalue weighted by molar-refractivity contribution is 7.91. The fourth-order valence-corrected chi connectivity index (χ4v) is 5.45. The summed E-state index contributed by atoms with van der Waals surface area (Å²) >= 11 is 1.50. The number of aromatic nitrogens is 1. The van der Waals surface area contributed by atoms with Gasteiger partial charge in [0.1, 0.15) is 0 Å². The summed E-state index contributed by atoms with van der Waals surface area (Å²) in [5, 5.41) is 2.79. The van der Waals surface area contributed by atoms with Crippen LogP contribution in [0.1, 0.15) is 24.0 Å². The van der Waals surface area contributed by atoms with Crippen molar-refractivity contribution >= 4 is 27.1 Å². The molecule has 0 spiro atoms. The lowest BCUT2D eigenvalue weighted by atomic mass is 9.98. The van der Waals surface area contributed by atoms with Gasteiger partial charge in [0.2, 0.25) is 5.91 Å². The molecule has 0 saturated carbocycles. The Morgan fingerprint density at radius 2 is 2.33 bits per heavy atom. The molecule has 21 heavy (non-hydrogen) atoms. The summed E-state index contributed by atoms with van der Waals surface area (Å²) in [5.74, 6) is 0.0652. The maximum absolute atomic E-state index is 12.6. The lowest BCUT2D eigenvalue weighted by molar-refractivity contribution is -0.134. The Kier molecular flexibility index (Phi) is 4.53. The third-order valence-electron chi connectivity index (χ3n) is 3.75. The van der Waals surface area contributed by atoms with Gasteiger partial charge in [-0.2, -0.15) is 0 Å². The van der Waals surface area contributed by atoms with Crippen LogP contribution in [0.5, 0.6) is 0 Å². The first-order valence-corrected chi connectivity index (χ1v) is 9.49. The van der Waals surface area contributed by atoms with Crippen LogP contribution in [0.4, 0.5) is 0 Å². The van der Waals surface area contributed by atoms with E-state index in [0.29, 0.717) is 13.0 Å². The molecule has 2 rings (SSSR count). The number of sulfone groups is 1. The summed E-state index contributed by atoms with van der Waals surface area (Å²) in [6.07, 6.45) is 2.32. The smallest absolute Gasteiger partial charge is 0.229 e. The summed E-state index contributed by atoms with van der Waals surface area (Å²) in [6, 6.07) is 0. The molecule has 1 amide bonds. The van der Waals surface area contributed by atoms with Crippen molar-refractivity contribution in [2.75, 3.05) is 18.1 Å². The van der Waals surface area contributed by atoms with Crippen molar-refractivity contribution in [1.82, 2.24) is 9.88 Å². The van der Waals surface area contributed by atoms with E-state index in [9.17, 15) is 13.2 Å². The molecule has 1 fully saturated rings. The molecule has 5 nitrogen and oxygen atoms in total. The van der Waals surface area contributed by atoms with E-state index >= 15 is 0 Å². The summed E-state index contributed by atoms with van der Waals surface area (Å²) in [7, 11) is -3.06. The molecule has 1 aliphatic heterocycles. The van der Waals surface area contributed by atoms with Gasteiger partial charge in [0.25, 0.3) is 0 Å². The standard InChI is InChI=1S/C14H20N2O3S2/c1-4-6-16(14(3)5-7-21(18,19)10-14)13(17)8-12-9-20-11(2)15-12/h4,9H,1,5-8,10H2,2-3H3. The van der Waals surface area contributed by atoms with Gasteiger partial charge in [-0.1, -0.05) is 6.08 Å². The van der Waals surface area contributed by atoms with Gasteiger partial charge in [-0.05, 0) is 20.3 Å². The Morgan fingerprint density at radius 3 is 2.81 bits per heavy atom. The largest absolute Gasteiger partial charge is 0.332 e. The predicted octanol–water partition coefficient (Wildman–Crippen LogP) is 1.59. The van der Waals surface area contributed by atoms with E-state index in [-0.39, 0.29) is 23.8 Å². The normalized spacial score (nSPS) is 23.9. The van der Waals surface area contributed by atoms with Crippen molar-refractivity contribution in [2.24, 2.45) is 0 Å². The highest BCUT2D eigenvalue weighted by atomic mass is 32.2. The number of hydrogen-bond acceptors (Lipinski definition) is 5. The van der Waals surface area contributed by atoms with Gasteiger partial charge >= 0.3 is 0 Å². The van der Waals surface area contributed by atoms with E-state index < -0.39 is 15.4 Å². The number of carbonyl (C=O) groups is 1. The zero-order valence-electron chi connectivity index (χ0n) is 12.3. The highest BCUT2D eigenvalue weighted by Crippen LogP contribution is 2.30.